The molecule has 1 saturated heterocycles. The lowest BCUT2D eigenvalue weighted by Gasteiger charge is -2.31. The first-order valence-corrected chi connectivity index (χ1v) is 13.1. The summed E-state index contributed by atoms with van der Waals surface area (Å²) < 4.78 is 18.1. The number of aliphatic hydroxyl groups excluding tert-OH is 1. The van der Waals surface area contributed by atoms with E-state index >= 15 is 0 Å². The molecule has 9 heteroatoms. The Kier molecular flexibility index (Phi) is 7.99. The number of aromatic nitrogens is 2. The number of aryl methyl sites for hydroxylation is 2. The molecule has 204 valence electrons. The molecule has 5 rings (SSSR count). The lowest BCUT2D eigenvalue weighted by Crippen LogP contribution is -2.36. The first-order valence-electron chi connectivity index (χ1n) is 13.1. The van der Waals surface area contributed by atoms with Gasteiger partial charge in [0.25, 0.3) is 5.56 Å². The SMILES string of the molecule is COc1cc(OC)cc(-c2cc3cnc(Nc4c(C)cccc4N4CCOCC4)cc3n(CCCO)c2=O)c1. The van der Waals surface area contributed by atoms with Gasteiger partial charge in [-0.05, 0) is 48.7 Å². The first-order chi connectivity index (χ1) is 19.0. The summed E-state index contributed by atoms with van der Waals surface area (Å²) in [7, 11) is 3.16. The van der Waals surface area contributed by atoms with Gasteiger partial charge >= 0.3 is 0 Å². The number of benzene rings is 2. The topological polar surface area (TPSA) is 98.1 Å². The fraction of sp³-hybridized carbons (Fsp3) is 0.333. The number of aliphatic hydroxyl groups is 1. The number of hydrogen-bond donors (Lipinski definition) is 2. The van der Waals surface area contributed by atoms with Crippen LogP contribution in [0.5, 0.6) is 11.5 Å². The molecule has 4 aromatic rings. The van der Waals surface area contributed by atoms with Crippen LogP contribution >= 0.6 is 0 Å². The highest BCUT2D eigenvalue weighted by atomic mass is 16.5. The van der Waals surface area contributed by atoms with Crippen LogP contribution in [0.2, 0.25) is 0 Å². The molecule has 2 aromatic carbocycles. The molecule has 0 radical (unpaired) electrons. The second-order valence-corrected chi connectivity index (χ2v) is 9.52. The Morgan fingerprint density at radius 3 is 2.49 bits per heavy atom. The first kappa shape index (κ1) is 26.5. The Hall–Kier alpha value is -4.08. The molecule has 39 heavy (non-hydrogen) atoms. The number of anilines is 3. The van der Waals surface area contributed by atoms with Gasteiger partial charge in [0.15, 0.2) is 0 Å². The van der Waals surface area contributed by atoms with Crippen molar-refractivity contribution in [3.05, 3.63) is 70.6 Å². The van der Waals surface area contributed by atoms with Crippen molar-refractivity contribution in [2.24, 2.45) is 0 Å². The summed E-state index contributed by atoms with van der Waals surface area (Å²) in [5.74, 6) is 1.83. The molecule has 1 fully saturated rings. The van der Waals surface area contributed by atoms with Crippen molar-refractivity contribution in [3.63, 3.8) is 0 Å². The fourth-order valence-electron chi connectivity index (χ4n) is 4.97. The molecule has 0 spiro atoms. The van der Waals surface area contributed by atoms with Crippen molar-refractivity contribution in [2.45, 2.75) is 19.9 Å². The van der Waals surface area contributed by atoms with Crippen LogP contribution in [0.15, 0.2) is 59.5 Å². The zero-order valence-electron chi connectivity index (χ0n) is 22.6. The van der Waals surface area contributed by atoms with Crippen molar-refractivity contribution in [1.82, 2.24) is 9.55 Å². The maximum Gasteiger partial charge on any atom is 0.258 e. The van der Waals surface area contributed by atoms with E-state index in [1.807, 2.05) is 24.3 Å². The van der Waals surface area contributed by atoms with Crippen LogP contribution < -0.4 is 25.2 Å². The molecule has 0 saturated carbocycles. The smallest absolute Gasteiger partial charge is 0.258 e. The Morgan fingerprint density at radius 2 is 1.79 bits per heavy atom. The van der Waals surface area contributed by atoms with Crippen LogP contribution in [0, 0.1) is 6.92 Å². The Morgan fingerprint density at radius 1 is 1.05 bits per heavy atom. The maximum absolute atomic E-state index is 13.8. The fourth-order valence-corrected chi connectivity index (χ4v) is 4.97. The molecule has 0 atom stereocenters. The van der Waals surface area contributed by atoms with Gasteiger partial charge < -0.3 is 34.1 Å². The molecule has 9 nitrogen and oxygen atoms in total. The largest absolute Gasteiger partial charge is 0.497 e. The van der Waals surface area contributed by atoms with Gasteiger partial charge in [0, 0.05) is 55.5 Å². The molecule has 0 bridgehead atoms. The Balaban J connectivity index is 1.60. The molecule has 2 aromatic heterocycles. The zero-order valence-corrected chi connectivity index (χ0v) is 22.6. The van der Waals surface area contributed by atoms with Gasteiger partial charge in [0.1, 0.15) is 17.3 Å². The third-order valence-corrected chi connectivity index (χ3v) is 7.04. The number of nitrogens with one attached hydrogen (secondary N) is 1. The number of para-hydroxylation sites is 1. The number of nitrogens with zero attached hydrogens (tertiary/aromatic N) is 3. The van der Waals surface area contributed by atoms with Crippen molar-refractivity contribution in [3.8, 4) is 22.6 Å². The van der Waals surface area contributed by atoms with Crippen LogP contribution in [-0.4, -0.2) is 61.8 Å². The average Bonchev–Trinajstić information content (AvgIpc) is 2.97. The molecule has 3 heterocycles. The summed E-state index contributed by atoms with van der Waals surface area (Å²) in [5.41, 5.74) is 4.96. The number of pyridine rings is 2. The van der Waals surface area contributed by atoms with Gasteiger partial charge in [0.05, 0.1) is 44.3 Å². The summed E-state index contributed by atoms with van der Waals surface area (Å²) in [6, 6.07) is 15.4. The van der Waals surface area contributed by atoms with Crippen molar-refractivity contribution in [1.29, 1.82) is 0 Å². The third kappa shape index (κ3) is 5.55. The van der Waals surface area contributed by atoms with E-state index in [9.17, 15) is 9.90 Å². The van der Waals surface area contributed by atoms with E-state index in [4.69, 9.17) is 19.2 Å². The highest BCUT2D eigenvalue weighted by molar-refractivity contribution is 5.87. The molecular weight excluding hydrogens is 496 g/mol. The van der Waals surface area contributed by atoms with E-state index in [2.05, 4.69) is 35.3 Å². The van der Waals surface area contributed by atoms with Crippen LogP contribution in [0.1, 0.15) is 12.0 Å². The van der Waals surface area contributed by atoms with Crippen molar-refractivity contribution >= 4 is 28.1 Å². The van der Waals surface area contributed by atoms with Crippen LogP contribution in [0.3, 0.4) is 0 Å². The predicted molar refractivity (Wildman–Crippen MR) is 154 cm³/mol. The normalized spacial score (nSPS) is 13.5. The number of rotatable bonds is 9. The van der Waals surface area contributed by atoms with Crippen LogP contribution in [-0.2, 0) is 11.3 Å². The summed E-state index contributed by atoms with van der Waals surface area (Å²) in [6.45, 7) is 5.45. The van der Waals surface area contributed by atoms with Gasteiger partial charge in [-0.3, -0.25) is 4.79 Å². The van der Waals surface area contributed by atoms with Gasteiger partial charge in [-0.15, -0.1) is 0 Å². The standard InChI is InChI=1S/C30H34N4O5/c1-20-6-4-7-26(33-9-12-39-13-10-33)29(20)32-28-18-27-22(19-31-28)16-25(30(36)34(27)8-5-11-35)21-14-23(37-2)17-24(15-21)38-3/h4,6-7,14-19,35H,5,8-13H2,1-3H3,(H,31,32). The number of fused-ring (bicyclic) bond motifs is 1. The number of morpholine rings is 1. The van der Waals surface area contributed by atoms with Crippen LogP contribution in [0.25, 0.3) is 22.0 Å². The summed E-state index contributed by atoms with van der Waals surface area (Å²) in [4.78, 5) is 20.8. The van der Waals surface area contributed by atoms with Gasteiger partial charge in [-0.25, -0.2) is 4.98 Å². The second-order valence-electron chi connectivity index (χ2n) is 9.52. The average molecular weight is 531 g/mol. The molecule has 0 unspecified atom stereocenters. The van der Waals surface area contributed by atoms with E-state index < -0.39 is 0 Å². The van der Waals surface area contributed by atoms with E-state index in [1.165, 1.54) is 0 Å². The molecule has 1 aliphatic heterocycles. The number of hydrogen-bond acceptors (Lipinski definition) is 8. The number of methoxy groups -OCH3 is 2. The van der Waals surface area contributed by atoms with E-state index in [1.54, 1.807) is 31.0 Å². The lowest BCUT2D eigenvalue weighted by molar-refractivity contribution is 0.123. The van der Waals surface area contributed by atoms with E-state index in [0.717, 1.165) is 40.9 Å². The highest BCUT2D eigenvalue weighted by Gasteiger charge is 2.18. The van der Waals surface area contributed by atoms with Crippen LogP contribution in [0.4, 0.5) is 17.2 Å². The molecule has 0 aliphatic carbocycles. The third-order valence-electron chi connectivity index (χ3n) is 7.04. The minimum Gasteiger partial charge on any atom is -0.497 e. The predicted octanol–water partition coefficient (Wildman–Crippen LogP) is 4.35. The minimum absolute atomic E-state index is 0.0204. The van der Waals surface area contributed by atoms with Gasteiger partial charge in [-0.2, -0.15) is 0 Å². The van der Waals surface area contributed by atoms with Crippen molar-refractivity contribution < 1.29 is 19.3 Å². The quantitative estimate of drug-likeness (QED) is 0.330. The summed E-state index contributed by atoms with van der Waals surface area (Å²) >= 11 is 0. The van der Waals surface area contributed by atoms with Gasteiger partial charge in [0.2, 0.25) is 0 Å². The molecule has 1 aliphatic rings. The van der Waals surface area contributed by atoms with E-state index in [0.29, 0.717) is 54.6 Å². The minimum atomic E-state index is -0.159. The van der Waals surface area contributed by atoms with E-state index in [-0.39, 0.29) is 12.2 Å². The molecule has 0 amide bonds. The summed E-state index contributed by atoms with van der Waals surface area (Å²) in [5, 5.41) is 13.9. The maximum atomic E-state index is 13.8. The summed E-state index contributed by atoms with van der Waals surface area (Å²) in [6.07, 6.45) is 2.23. The zero-order chi connectivity index (χ0) is 27.4. The monoisotopic (exact) mass is 530 g/mol. The Bertz CT molecular complexity index is 1510. The molecule has 2 N–H and O–H groups in total. The Labute approximate surface area is 227 Å². The second kappa shape index (κ2) is 11.8. The lowest BCUT2D eigenvalue weighted by atomic mass is 10.0. The highest BCUT2D eigenvalue weighted by Crippen LogP contribution is 2.34. The molecular formula is C30H34N4O5. The van der Waals surface area contributed by atoms with Crippen molar-refractivity contribution in [2.75, 3.05) is 57.3 Å². The number of ether oxygens (including phenoxy) is 3. The van der Waals surface area contributed by atoms with Gasteiger partial charge in [-0.1, -0.05) is 12.1 Å².